The number of benzene rings is 1. The van der Waals surface area contributed by atoms with Crippen LogP contribution in [0.2, 0.25) is 0 Å². The minimum absolute atomic E-state index is 0. The Morgan fingerprint density at radius 2 is 1.67 bits per heavy atom. The van der Waals surface area contributed by atoms with Crippen molar-refractivity contribution in [1.82, 2.24) is 15.1 Å². The van der Waals surface area contributed by atoms with Gasteiger partial charge in [-0.05, 0) is 24.8 Å². The molecule has 27 heavy (non-hydrogen) atoms. The van der Waals surface area contributed by atoms with Crippen molar-refractivity contribution in [2.75, 3.05) is 39.3 Å². The first-order chi connectivity index (χ1) is 11.9. The second-order valence-corrected chi connectivity index (χ2v) is 7.95. The van der Waals surface area contributed by atoms with Gasteiger partial charge in [-0.25, -0.2) is 0 Å². The number of carbonyl (C=O) groups excluding carboxylic acids is 1. The van der Waals surface area contributed by atoms with Crippen LogP contribution in [-0.4, -0.2) is 60.5 Å². The molecule has 156 valence electrons. The highest BCUT2D eigenvalue weighted by molar-refractivity contribution is 5.85. The van der Waals surface area contributed by atoms with E-state index >= 15 is 0 Å². The maximum atomic E-state index is 12.4. The van der Waals surface area contributed by atoms with Crippen molar-refractivity contribution in [1.29, 1.82) is 0 Å². The molecular weight excluding hydrogens is 383 g/mol. The molecule has 1 unspecified atom stereocenters. The minimum atomic E-state index is -0.305. The van der Waals surface area contributed by atoms with Crippen molar-refractivity contribution >= 4 is 30.7 Å². The summed E-state index contributed by atoms with van der Waals surface area (Å²) < 4.78 is 0. The largest absolute Gasteiger partial charge is 0.349 e. The van der Waals surface area contributed by atoms with Crippen molar-refractivity contribution in [2.24, 2.45) is 11.7 Å². The lowest BCUT2D eigenvalue weighted by atomic mass is 9.90. The summed E-state index contributed by atoms with van der Waals surface area (Å²) >= 11 is 0. The highest BCUT2D eigenvalue weighted by atomic mass is 35.5. The summed E-state index contributed by atoms with van der Waals surface area (Å²) in [4.78, 5) is 17.1. The summed E-state index contributed by atoms with van der Waals surface area (Å²) in [5.41, 5.74) is 6.94. The zero-order valence-electron chi connectivity index (χ0n) is 16.8. The van der Waals surface area contributed by atoms with Gasteiger partial charge in [0.05, 0.1) is 6.54 Å². The summed E-state index contributed by atoms with van der Waals surface area (Å²) in [6.07, 6.45) is 0.903. The number of carbonyl (C=O) groups is 1. The Hall–Kier alpha value is -0.850. The lowest BCUT2D eigenvalue weighted by Gasteiger charge is -2.36. The van der Waals surface area contributed by atoms with E-state index in [1.54, 1.807) is 0 Å². The predicted octanol–water partition coefficient (Wildman–Crippen LogP) is 2.53. The van der Waals surface area contributed by atoms with E-state index in [1.807, 2.05) is 6.92 Å². The zero-order chi connectivity index (χ0) is 18.3. The maximum Gasteiger partial charge on any atom is 0.234 e. The molecule has 0 saturated carbocycles. The SMILES string of the molecule is CC(C)CC(C)(CN)NC(=O)CN1CCN(Cc2ccccc2)CC1.Cl.Cl. The fourth-order valence-electron chi connectivity index (χ4n) is 3.61. The van der Waals surface area contributed by atoms with Gasteiger partial charge in [0.25, 0.3) is 0 Å². The van der Waals surface area contributed by atoms with Crippen LogP contribution in [0, 0.1) is 5.92 Å². The third kappa shape index (κ3) is 9.26. The van der Waals surface area contributed by atoms with E-state index in [4.69, 9.17) is 5.73 Å². The Kier molecular flexibility index (Phi) is 12.2. The number of halogens is 2. The normalized spacial score (nSPS) is 17.5. The molecule has 1 aliphatic heterocycles. The lowest BCUT2D eigenvalue weighted by Crippen LogP contribution is -2.56. The Morgan fingerprint density at radius 1 is 1.11 bits per heavy atom. The molecule has 1 atom stereocenters. The zero-order valence-corrected chi connectivity index (χ0v) is 18.5. The summed E-state index contributed by atoms with van der Waals surface area (Å²) in [7, 11) is 0. The van der Waals surface area contributed by atoms with E-state index in [0.29, 0.717) is 19.0 Å². The van der Waals surface area contributed by atoms with Crippen LogP contribution in [0.15, 0.2) is 30.3 Å². The summed E-state index contributed by atoms with van der Waals surface area (Å²) in [5.74, 6) is 0.598. The van der Waals surface area contributed by atoms with Gasteiger partial charge < -0.3 is 11.1 Å². The monoisotopic (exact) mass is 418 g/mol. The summed E-state index contributed by atoms with van der Waals surface area (Å²) in [6, 6.07) is 10.6. The molecule has 2 rings (SSSR count). The molecule has 0 aromatic heterocycles. The molecule has 0 bridgehead atoms. The first kappa shape index (κ1) is 26.1. The second-order valence-electron chi connectivity index (χ2n) is 7.95. The molecule has 1 aromatic rings. The van der Waals surface area contributed by atoms with Gasteiger partial charge in [0.1, 0.15) is 0 Å². The first-order valence-electron chi connectivity index (χ1n) is 9.40. The van der Waals surface area contributed by atoms with Gasteiger partial charge in [0, 0.05) is 44.8 Å². The molecule has 1 heterocycles. The van der Waals surface area contributed by atoms with E-state index in [9.17, 15) is 4.79 Å². The number of nitrogens with zero attached hydrogens (tertiary/aromatic N) is 2. The molecule has 1 saturated heterocycles. The molecule has 7 heteroatoms. The molecule has 0 aliphatic carbocycles. The number of rotatable bonds is 8. The van der Waals surface area contributed by atoms with E-state index in [-0.39, 0.29) is 36.3 Å². The minimum Gasteiger partial charge on any atom is -0.349 e. The highest BCUT2D eigenvalue weighted by Gasteiger charge is 2.27. The van der Waals surface area contributed by atoms with E-state index in [0.717, 1.165) is 39.1 Å². The molecule has 0 radical (unpaired) electrons. The number of hydrogen-bond donors (Lipinski definition) is 2. The van der Waals surface area contributed by atoms with E-state index < -0.39 is 0 Å². The smallest absolute Gasteiger partial charge is 0.234 e. The van der Waals surface area contributed by atoms with Gasteiger partial charge in [-0.1, -0.05) is 44.2 Å². The van der Waals surface area contributed by atoms with Gasteiger partial charge in [-0.2, -0.15) is 0 Å². The number of nitrogens with two attached hydrogens (primary N) is 1. The van der Waals surface area contributed by atoms with Gasteiger partial charge in [0.2, 0.25) is 5.91 Å². The molecule has 0 spiro atoms. The highest BCUT2D eigenvalue weighted by Crippen LogP contribution is 2.15. The fourth-order valence-corrected chi connectivity index (χ4v) is 3.61. The van der Waals surface area contributed by atoms with Crippen molar-refractivity contribution in [3.8, 4) is 0 Å². The van der Waals surface area contributed by atoms with E-state index in [1.165, 1.54) is 5.56 Å². The number of amides is 1. The van der Waals surface area contributed by atoms with Crippen LogP contribution in [0.4, 0.5) is 0 Å². The molecule has 1 aliphatic rings. The predicted molar refractivity (Wildman–Crippen MR) is 118 cm³/mol. The van der Waals surface area contributed by atoms with Crippen molar-refractivity contribution in [2.45, 2.75) is 39.3 Å². The molecule has 5 nitrogen and oxygen atoms in total. The quantitative estimate of drug-likeness (QED) is 0.680. The Bertz CT molecular complexity index is 536. The number of nitrogens with one attached hydrogen (secondary N) is 1. The van der Waals surface area contributed by atoms with Crippen LogP contribution in [0.3, 0.4) is 0 Å². The third-order valence-corrected chi connectivity index (χ3v) is 4.83. The Morgan fingerprint density at radius 3 is 2.19 bits per heavy atom. The molecule has 1 fully saturated rings. The van der Waals surface area contributed by atoms with Gasteiger partial charge in [0.15, 0.2) is 0 Å². The van der Waals surface area contributed by atoms with Crippen LogP contribution in [0.5, 0.6) is 0 Å². The second kappa shape index (κ2) is 12.6. The Labute approximate surface area is 176 Å². The van der Waals surface area contributed by atoms with Crippen LogP contribution in [0.1, 0.15) is 32.8 Å². The third-order valence-electron chi connectivity index (χ3n) is 4.83. The Balaban J connectivity index is 0.00000338. The average molecular weight is 419 g/mol. The first-order valence-corrected chi connectivity index (χ1v) is 9.40. The van der Waals surface area contributed by atoms with Gasteiger partial charge in [-0.3, -0.25) is 14.6 Å². The van der Waals surface area contributed by atoms with Crippen molar-refractivity contribution in [3.63, 3.8) is 0 Å². The van der Waals surface area contributed by atoms with Gasteiger partial charge >= 0.3 is 0 Å². The van der Waals surface area contributed by atoms with Gasteiger partial charge in [-0.15, -0.1) is 24.8 Å². The summed E-state index contributed by atoms with van der Waals surface area (Å²) in [5, 5.41) is 3.15. The number of piperazine rings is 1. The van der Waals surface area contributed by atoms with Crippen LogP contribution >= 0.6 is 24.8 Å². The van der Waals surface area contributed by atoms with Crippen LogP contribution in [-0.2, 0) is 11.3 Å². The molecule has 1 amide bonds. The van der Waals surface area contributed by atoms with Crippen LogP contribution in [0.25, 0.3) is 0 Å². The average Bonchev–Trinajstić information content (AvgIpc) is 2.56. The molecular formula is C20H36Cl2N4O. The van der Waals surface area contributed by atoms with Crippen LogP contribution < -0.4 is 11.1 Å². The lowest BCUT2D eigenvalue weighted by molar-refractivity contribution is -0.124. The summed E-state index contributed by atoms with van der Waals surface area (Å²) in [6.45, 7) is 12.2. The molecule has 3 N–H and O–H groups in total. The maximum absolute atomic E-state index is 12.4. The van der Waals surface area contributed by atoms with E-state index in [2.05, 4.69) is 59.3 Å². The van der Waals surface area contributed by atoms with Crippen molar-refractivity contribution < 1.29 is 4.79 Å². The molecule has 1 aromatic carbocycles. The van der Waals surface area contributed by atoms with Crippen molar-refractivity contribution in [3.05, 3.63) is 35.9 Å². The fraction of sp³-hybridized carbons (Fsp3) is 0.650. The number of hydrogen-bond acceptors (Lipinski definition) is 4. The topological polar surface area (TPSA) is 61.6 Å². The standard InChI is InChI=1S/C20H34N4O.2ClH/c1-17(2)13-20(3,16-21)22-19(25)15-24-11-9-23(10-12-24)14-18-7-5-4-6-8-18;;/h4-8,17H,9-16,21H2,1-3H3,(H,22,25);2*1H.